The number of phenols is 1. The van der Waals surface area contributed by atoms with Gasteiger partial charge in [0, 0.05) is 10.6 Å². The summed E-state index contributed by atoms with van der Waals surface area (Å²) >= 11 is 0.374. The molecular formula is C21H16F2N2O5S. The summed E-state index contributed by atoms with van der Waals surface area (Å²) in [6, 6.07) is 11.0. The summed E-state index contributed by atoms with van der Waals surface area (Å²) in [7, 11) is 1.41. The van der Waals surface area contributed by atoms with Gasteiger partial charge in [-0.05, 0) is 48.5 Å². The number of halogens is 2. The molecule has 0 radical (unpaired) electrons. The molecule has 0 aliphatic carbocycles. The first-order valence-electron chi connectivity index (χ1n) is 8.74. The Hall–Kier alpha value is -3.66. The molecule has 0 saturated carbocycles. The fourth-order valence-electron chi connectivity index (χ4n) is 2.63. The zero-order chi connectivity index (χ0) is 22.5. The third kappa shape index (κ3) is 5.28. The molecule has 3 rings (SSSR count). The van der Waals surface area contributed by atoms with E-state index < -0.39 is 23.0 Å². The maximum Gasteiger partial charge on any atom is 0.288 e. The largest absolute Gasteiger partial charge is 0.507 e. The number of anilines is 1. The summed E-state index contributed by atoms with van der Waals surface area (Å²) in [6.07, 6.45) is 1.01. The van der Waals surface area contributed by atoms with Crippen molar-refractivity contribution in [3.8, 4) is 11.5 Å². The number of rotatable bonds is 7. The standard InChI is InChI=1S/C21H16F2N2O5S/c1-29-13-4-7-17(26)15(9-13)18(27)11-8-16(19(24)30-10-11)20(28)25-12-2-5-14(6-3-12)31-21(22)23/h2-10,21,24,26H,1H3,(H,25,28). The molecule has 1 aromatic heterocycles. The van der Waals surface area contributed by atoms with Crippen molar-refractivity contribution in [3.63, 3.8) is 0 Å². The van der Waals surface area contributed by atoms with Crippen molar-refractivity contribution in [2.45, 2.75) is 10.7 Å². The highest BCUT2D eigenvalue weighted by Gasteiger charge is 2.19. The number of ether oxygens (including phenoxy) is 1. The topological polar surface area (TPSA) is 113 Å². The van der Waals surface area contributed by atoms with E-state index in [2.05, 4.69) is 5.32 Å². The minimum absolute atomic E-state index is 0.0617. The highest BCUT2D eigenvalue weighted by Crippen LogP contribution is 2.27. The lowest BCUT2D eigenvalue weighted by Gasteiger charge is -2.09. The number of methoxy groups -OCH3 is 1. The molecule has 2 aromatic carbocycles. The average Bonchev–Trinajstić information content (AvgIpc) is 2.75. The number of alkyl halides is 2. The number of thioether (sulfide) groups is 1. The zero-order valence-electron chi connectivity index (χ0n) is 16.0. The van der Waals surface area contributed by atoms with Crippen LogP contribution < -0.4 is 15.6 Å². The van der Waals surface area contributed by atoms with Gasteiger partial charge in [-0.15, -0.1) is 0 Å². The number of ketones is 1. The summed E-state index contributed by atoms with van der Waals surface area (Å²) in [5.74, 6) is -3.86. The highest BCUT2D eigenvalue weighted by atomic mass is 32.2. The van der Waals surface area contributed by atoms with Crippen molar-refractivity contribution in [1.82, 2.24) is 0 Å². The van der Waals surface area contributed by atoms with Gasteiger partial charge in [0.25, 0.3) is 11.7 Å². The van der Waals surface area contributed by atoms with Crippen molar-refractivity contribution in [2.24, 2.45) is 0 Å². The zero-order valence-corrected chi connectivity index (χ0v) is 16.8. The summed E-state index contributed by atoms with van der Waals surface area (Å²) < 4.78 is 34.9. The fraction of sp³-hybridized carbons (Fsp3) is 0.0952. The minimum Gasteiger partial charge on any atom is -0.507 e. The molecule has 3 N–H and O–H groups in total. The van der Waals surface area contributed by atoms with Gasteiger partial charge < -0.3 is 19.6 Å². The van der Waals surface area contributed by atoms with Gasteiger partial charge in [0.2, 0.25) is 5.55 Å². The molecule has 10 heteroatoms. The third-order valence-electron chi connectivity index (χ3n) is 4.14. The van der Waals surface area contributed by atoms with Crippen molar-refractivity contribution >= 4 is 29.1 Å². The van der Waals surface area contributed by atoms with Crippen LogP contribution in [0.3, 0.4) is 0 Å². The normalized spacial score (nSPS) is 10.7. The van der Waals surface area contributed by atoms with Gasteiger partial charge in [-0.3, -0.25) is 15.0 Å². The van der Waals surface area contributed by atoms with E-state index in [-0.39, 0.29) is 22.4 Å². The van der Waals surface area contributed by atoms with Crippen LogP contribution in [0.2, 0.25) is 0 Å². The smallest absolute Gasteiger partial charge is 0.288 e. The number of nitrogens with one attached hydrogen (secondary N) is 2. The summed E-state index contributed by atoms with van der Waals surface area (Å²) in [5, 5.41) is 20.3. The molecule has 0 bridgehead atoms. The van der Waals surface area contributed by atoms with Gasteiger partial charge in [0.15, 0.2) is 5.78 Å². The number of carbonyl (C=O) groups is 2. The molecule has 31 heavy (non-hydrogen) atoms. The van der Waals surface area contributed by atoms with Gasteiger partial charge in [-0.1, -0.05) is 11.8 Å². The number of amides is 1. The van der Waals surface area contributed by atoms with Crippen LogP contribution in [0.25, 0.3) is 0 Å². The fourth-order valence-corrected chi connectivity index (χ4v) is 3.13. The molecule has 0 aliphatic heterocycles. The maximum atomic E-state index is 12.8. The second kappa shape index (κ2) is 9.43. The quantitative estimate of drug-likeness (QED) is 0.369. The molecule has 3 aromatic rings. The second-order valence-electron chi connectivity index (χ2n) is 6.15. The Morgan fingerprint density at radius 3 is 2.48 bits per heavy atom. The van der Waals surface area contributed by atoms with E-state index >= 15 is 0 Å². The molecule has 0 aliphatic rings. The van der Waals surface area contributed by atoms with Crippen molar-refractivity contribution in [3.05, 3.63) is 77.0 Å². The minimum atomic E-state index is -2.56. The van der Waals surface area contributed by atoms with Crippen LogP contribution in [-0.2, 0) is 0 Å². The molecule has 160 valence electrons. The van der Waals surface area contributed by atoms with Crippen LogP contribution >= 0.6 is 11.8 Å². The molecule has 0 saturated heterocycles. The molecule has 0 fully saturated rings. The Balaban J connectivity index is 1.84. The SMILES string of the molecule is COc1ccc(O)c(C(=O)c2coc(=N)c(C(=O)Nc3ccc(SC(F)F)cc3)c2)c1. The Morgan fingerprint density at radius 2 is 1.84 bits per heavy atom. The van der Waals surface area contributed by atoms with Gasteiger partial charge in [0.1, 0.15) is 23.3 Å². The monoisotopic (exact) mass is 446 g/mol. The van der Waals surface area contributed by atoms with Crippen molar-refractivity contribution in [1.29, 1.82) is 5.41 Å². The van der Waals surface area contributed by atoms with Gasteiger partial charge in [-0.25, -0.2) is 0 Å². The molecule has 0 unspecified atom stereocenters. The first-order chi connectivity index (χ1) is 14.8. The average molecular weight is 446 g/mol. The number of phenolic OH excluding ortho intramolecular Hbond substituents is 1. The van der Waals surface area contributed by atoms with E-state index in [1.165, 1.54) is 55.6 Å². The van der Waals surface area contributed by atoms with Crippen LogP contribution in [0.5, 0.6) is 11.5 Å². The van der Waals surface area contributed by atoms with Crippen LogP contribution in [0, 0.1) is 5.41 Å². The van der Waals surface area contributed by atoms with E-state index in [0.29, 0.717) is 28.1 Å². The Kier molecular flexibility index (Phi) is 6.71. The van der Waals surface area contributed by atoms with Gasteiger partial charge >= 0.3 is 0 Å². The lowest BCUT2D eigenvalue weighted by atomic mass is 10.0. The van der Waals surface area contributed by atoms with Crippen LogP contribution in [0.15, 0.2) is 64.1 Å². The van der Waals surface area contributed by atoms with E-state index in [0.717, 1.165) is 6.26 Å². The Morgan fingerprint density at radius 1 is 1.13 bits per heavy atom. The number of hydrogen-bond acceptors (Lipinski definition) is 7. The summed E-state index contributed by atoms with van der Waals surface area (Å²) in [5.41, 5.74) is -0.516. The lowest BCUT2D eigenvalue weighted by molar-refractivity contribution is 0.102. The number of carbonyl (C=O) groups excluding carboxylic acids is 2. The second-order valence-corrected chi connectivity index (χ2v) is 7.21. The first kappa shape index (κ1) is 22.0. The van der Waals surface area contributed by atoms with Crippen molar-refractivity contribution < 1.29 is 32.6 Å². The van der Waals surface area contributed by atoms with Crippen LogP contribution in [-0.4, -0.2) is 29.7 Å². The molecule has 0 spiro atoms. The predicted molar refractivity (Wildman–Crippen MR) is 109 cm³/mol. The highest BCUT2D eigenvalue weighted by molar-refractivity contribution is 7.99. The summed E-state index contributed by atoms with van der Waals surface area (Å²) in [6.45, 7) is 0. The Labute approximate surface area is 179 Å². The molecular weight excluding hydrogens is 430 g/mol. The van der Waals surface area contributed by atoms with E-state index in [1.54, 1.807) is 0 Å². The number of hydrogen-bond donors (Lipinski definition) is 3. The lowest BCUT2D eigenvalue weighted by Crippen LogP contribution is -2.22. The molecule has 7 nitrogen and oxygen atoms in total. The molecule has 0 atom stereocenters. The number of aromatic hydroxyl groups is 1. The van der Waals surface area contributed by atoms with Crippen LogP contribution in [0.4, 0.5) is 14.5 Å². The molecule has 1 amide bonds. The van der Waals surface area contributed by atoms with Crippen LogP contribution in [0.1, 0.15) is 26.3 Å². The van der Waals surface area contributed by atoms with Crippen molar-refractivity contribution in [2.75, 3.05) is 12.4 Å². The number of benzene rings is 2. The summed E-state index contributed by atoms with van der Waals surface area (Å²) in [4.78, 5) is 25.7. The maximum absolute atomic E-state index is 12.8. The Bertz CT molecular complexity index is 1180. The van der Waals surface area contributed by atoms with E-state index in [1.807, 2.05) is 0 Å². The molecule has 1 heterocycles. The predicted octanol–water partition coefficient (Wildman–Crippen LogP) is 4.27. The van der Waals surface area contributed by atoms with E-state index in [4.69, 9.17) is 14.6 Å². The third-order valence-corrected chi connectivity index (χ3v) is 4.86. The van der Waals surface area contributed by atoms with E-state index in [9.17, 15) is 23.5 Å². The van der Waals surface area contributed by atoms with Gasteiger partial charge in [0.05, 0.1) is 18.2 Å². The van der Waals surface area contributed by atoms with Gasteiger partial charge in [-0.2, -0.15) is 8.78 Å². The first-order valence-corrected chi connectivity index (χ1v) is 9.62.